The second kappa shape index (κ2) is 11.9. The maximum absolute atomic E-state index is 2.51. The van der Waals surface area contributed by atoms with Gasteiger partial charge >= 0.3 is 313 Å². The molecule has 11 aromatic rings. The van der Waals surface area contributed by atoms with E-state index >= 15 is 0 Å². The molecule has 0 atom stereocenters. The van der Waals surface area contributed by atoms with Gasteiger partial charge < -0.3 is 0 Å². The van der Waals surface area contributed by atoms with Gasteiger partial charge in [-0.1, -0.05) is 0 Å². The summed E-state index contributed by atoms with van der Waals surface area (Å²) < 4.78 is 2.91. The third kappa shape index (κ3) is 4.46. The molecule has 0 nitrogen and oxygen atoms in total. The fourth-order valence-electron chi connectivity index (χ4n) is 8.68. The molecule has 2 aromatic heterocycles. The monoisotopic (exact) mass is 742 g/mol. The van der Waals surface area contributed by atoms with Crippen LogP contribution in [0.5, 0.6) is 0 Å². The van der Waals surface area contributed by atoms with Crippen LogP contribution in [0.1, 0.15) is 0 Å². The fourth-order valence-corrected chi connectivity index (χ4v) is 11.8. The summed E-state index contributed by atoms with van der Waals surface area (Å²) in [6.07, 6.45) is 0. The number of hydrogen-bond donors (Lipinski definition) is 0. The van der Waals surface area contributed by atoms with Crippen LogP contribution < -0.4 is 0 Å². The molecular formula is C50H30SSe. The first-order chi connectivity index (χ1) is 25.8. The Hall–Kier alpha value is -5.76. The fraction of sp³-hybridized carbons (Fsp3) is 0. The van der Waals surface area contributed by atoms with E-state index in [1.165, 1.54) is 107 Å². The van der Waals surface area contributed by atoms with E-state index < -0.39 is 0 Å². The average Bonchev–Trinajstić information content (AvgIpc) is 3.87. The van der Waals surface area contributed by atoms with Crippen molar-refractivity contribution >= 4 is 88.2 Å². The SMILES string of the molecule is c1ccc(-c2c3ccccc3c(-c3ccc4c(c3)[se]c3cccc(-c5c6ccccc6c(-c6ccsc6)c6ccccc56)c34)c3ccccc23)cc1. The predicted molar refractivity (Wildman–Crippen MR) is 228 cm³/mol. The Kier molecular flexibility index (Phi) is 6.85. The van der Waals surface area contributed by atoms with Gasteiger partial charge in [-0.05, 0) is 0 Å². The Morgan fingerprint density at radius 1 is 0.327 bits per heavy atom. The van der Waals surface area contributed by atoms with Crippen LogP contribution in [0, 0.1) is 0 Å². The van der Waals surface area contributed by atoms with Gasteiger partial charge in [0, 0.05) is 0 Å². The molecule has 9 aromatic carbocycles. The molecule has 0 aliphatic rings. The van der Waals surface area contributed by atoms with Crippen molar-refractivity contribution in [2.45, 2.75) is 0 Å². The average molecular weight is 742 g/mol. The molecule has 0 aliphatic carbocycles. The third-order valence-corrected chi connectivity index (χ3v) is 13.8. The Balaban J connectivity index is 1.19. The predicted octanol–water partition coefficient (Wildman–Crippen LogP) is 14.4. The number of fused-ring (bicyclic) bond motifs is 7. The van der Waals surface area contributed by atoms with E-state index in [1.54, 1.807) is 11.3 Å². The van der Waals surface area contributed by atoms with E-state index in [4.69, 9.17) is 0 Å². The molecule has 0 radical (unpaired) electrons. The molecule has 52 heavy (non-hydrogen) atoms. The van der Waals surface area contributed by atoms with Crippen LogP contribution in [0.4, 0.5) is 0 Å². The first kappa shape index (κ1) is 29.9. The zero-order valence-corrected chi connectivity index (χ0v) is 30.7. The van der Waals surface area contributed by atoms with Gasteiger partial charge in [-0.3, -0.25) is 0 Å². The first-order valence-electron chi connectivity index (χ1n) is 17.7. The van der Waals surface area contributed by atoms with Crippen LogP contribution in [-0.4, -0.2) is 14.5 Å². The second-order valence-corrected chi connectivity index (χ2v) is 16.6. The van der Waals surface area contributed by atoms with Gasteiger partial charge in [0.25, 0.3) is 0 Å². The van der Waals surface area contributed by atoms with Gasteiger partial charge in [-0.15, -0.1) is 0 Å². The van der Waals surface area contributed by atoms with Crippen molar-refractivity contribution in [1.29, 1.82) is 0 Å². The van der Waals surface area contributed by atoms with Gasteiger partial charge in [-0.2, -0.15) is 0 Å². The number of hydrogen-bond acceptors (Lipinski definition) is 1. The summed E-state index contributed by atoms with van der Waals surface area (Å²) in [6.45, 7) is 0. The van der Waals surface area contributed by atoms with Crippen LogP contribution in [-0.2, 0) is 0 Å². The third-order valence-electron chi connectivity index (χ3n) is 10.8. The Morgan fingerprint density at radius 2 is 0.827 bits per heavy atom. The Bertz CT molecular complexity index is 3050. The van der Waals surface area contributed by atoms with Gasteiger partial charge in [-0.25, -0.2) is 0 Å². The van der Waals surface area contributed by atoms with Gasteiger partial charge in [0.05, 0.1) is 0 Å². The van der Waals surface area contributed by atoms with Crippen LogP contribution in [0.2, 0.25) is 0 Å². The molecule has 0 N–H and O–H groups in total. The molecule has 0 saturated heterocycles. The summed E-state index contributed by atoms with van der Waals surface area (Å²) in [4.78, 5) is 0. The van der Waals surface area contributed by atoms with Crippen molar-refractivity contribution in [2.75, 3.05) is 0 Å². The zero-order chi connectivity index (χ0) is 34.2. The molecule has 242 valence electrons. The van der Waals surface area contributed by atoms with Gasteiger partial charge in [0.1, 0.15) is 0 Å². The van der Waals surface area contributed by atoms with Gasteiger partial charge in [0.15, 0.2) is 0 Å². The van der Waals surface area contributed by atoms with E-state index in [0.717, 1.165) is 0 Å². The van der Waals surface area contributed by atoms with Crippen LogP contribution in [0.25, 0.3) is 107 Å². The summed E-state index contributed by atoms with van der Waals surface area (Å²) in [5.74, 6) is 0. The molecule has 0 bridgehead atoms. The van der Waals surface area contributed by atoms with Crippen molar-refractivity contribution in [2.24, 2.45) is 0 Å². The summed E-state index contributed by atoms with van der Waals surface area (Å²) in [5.41, 5.74) is 10.5. The molecule has 0 unspecified atom stereocenters. The topological polar surface area (TPSA) is 0 Å². The van der Waals surface area contributed by atoms with Gasteiger partial charge in [0.2, 0.25) is 0 Å². The van der Waals surface area contributed by atoms with Crippen molar-refractivity contribution in [3.8, 4) is 44.5 Å². The molecule has 2 heterocycles. The van der Waals surface area contributed by atoms with Crippen molar-refractivity contribution in [3.05, 3.63) is 181 Å². The van der Waals surface area contributed by atoms with Crippen LogP contribution in [0.15, 0.2) is 181 Å². The molecule has 0 saturated carbocycles. The van der Waals surface area contributed by atoms with Crippen molar-refractivity contribution in [3.63, 3.8) is 0 Å². The quantitative estimate of drug-likeness (QED) is 0.124. The number of thiophene rings is 1. The van der Waals surface area contributed by atoms with E-state index in [0.29, 0.717) is 0 Å². The summed E-state index contributed by atoms with van der Waals surface area (Å²) in [5, 5.41) is 17.7. The molecule has 0 fully saturated rings. The normalized spacial score (nSPS) is 11.8. The molecule has 11 rings (SSSR count). The summed E-state index contributed by atoms with van der Waals surface area (Å²) in [6, 6.07) is 63.4. The first-order valence-corrected chi connectivity index (χ1v) is 20.4. The zero-order valence-electron chi connectivity index (χ0n) is 28.1. The molecule has 0 amide bonds. The summed E-state index contributed by atoms with van der Waals surface area (Å²) in [7, 11) is 0. The second-order valence-electron chi connectivity index (χ2n) is 13.6. The Morgan fingerprint density at radius 3 is 1.37 bits per heavy atom. The standard InChI is InChI=1S/C50H30SSe/c1-2-13-31(14-3-1)46-34-15-4-6-17-36(34)47(37-18-7-5-16-35(37)46)32-25-26-42-45(29-32)52-44-24-12-23-43(50(42)44)49-40-21-10-8-19-38(40)48(33-27-28-51-30-33)39-20-9-11-22-41(39)49/h1-30H. The van der Waals surface area contributed by atoms with E-state index in [-0.39, 0.29) is 14.5 Å². The van der Waals surface area contributed by atoms with Crippen molar-refractivity contribution in [1.82, 2.24) is 0 Å². The summed E-state index contributed by atoms with van der Waals surface area (Å²) >= 11 is 1.95. The van der Waals surface area contributed by atoms with Crippen molar-refractivity contribution < 1.29 is 0 Å². The minimum absolute atomic E-state index is 0.189. The van der Waals surface area contributed by atoms with E-state index in [9.17, 15) is 0 Å². The number of rotatable bonds is 4. The molecule has 0 aliphatic heterocycles. The maximum atomic E-state index is 2.51. The molecular weight excluding hydrogens is 712 g/mol. The van der Waals surface area contributed by atoms with Crippen LogP contribution in [0.3, 0.4) is 0 Å². The van der Waals surface area contributed by atoms with E-state index in [1.807, 2.05) is 0 Å². The number of benzene rings is 9. The minimum atomic E-state index is 0.189. The van der Waals surface area contributed by atoms with E-state index in [2.05, 4.69) is 181 Å². The van der Waals surface area contributed by atoms with Crippen LogP contribution >= 0.6 is 11.3 Å². The molecule has 0 spiro atoms. The Labute approximate surface area is 311 Å². The molecule has 2 heteroatoms.